The third-order valence-electron chi connectivity index (χ3n) is 4.64. The SMILES string of the molecule is CCN(C(=O)C1=NNC(=O)CC1)C1CC2CCC(C1)N2. The van der Waals surface area contributed by atoms with Crippen molar-refractivity contribution in [3.63, 3.8) is 0 Å². The topological polar surface area (TPSA) is 73.8 Å². The number of amides is 2. The molecule has 2 unspecified atom stereocenters. The van der Waals surface area contributed by atoms with E-state index in [1.165, 1.54) is 12.8 Å². The van der Waals surface area contributed by atoms with E-state index in [2.05, 4.69) is 15.8 Å². The van der Waals surface area contributed by atoms with Crippen molar-refractivity contribution in [2.24, 2.45) is 5.10 Å². The lowest BCUT2D eigenvalue weighted by Crippen LogP contribution is -2.52. The van der Waals surface area contributed by atoms with Crippen LogP contribution >= 0.6 is 0 Å². The highest BCUT2D eigenvalue weighted by molar-refractivity contribution is 6.39. The average molecular weight is 278 g/mol. The van der Waals surface area contributed by atoms with E-state index in [1.54, 1.807) is 0 Å². The molecule has 0 aromatic carbocycles. The number of carbonyl (C=O) groups is 2. The van der Waals surface area contributed by atoms with Crippen LogP contribution in [0, 0.1) is 0 Å². The van der Waals surface area contributed by atoms with Gasteiger partial charge < -0.3 is 10.2 Å². The Morgan fingerprint density at radius 1 is 1.30 bits per heavy atom. The summed E-state index contributed by atoms with van der Waals surface area (Å²) in [5.74, 6) is -0.108. The highest BCUT2D eigenvalue weighted by Gasteiger charge is 2.38. The zero-order chi connectivity index (χ0) is 14.1. The summed E-state index contributed by atoms with van der Waals surface area (Å²) in [6.45, 7) is 2.72. The summed E-state index contributed by atoms with van der Waals surface area (Å²) in [5, 5.41) is 7.54. The third-order valence-corrected chi connectivity index (χ3v) is 4.64. The Bertz CT molecular complexity index is 436. The fourth-order valence-electron chi connectivity index (χ4n) is 3.64. The van der Waals surface area contributed by atoms with E-state index in [4.69, 9.17) is 0 Å². The van der Waals surface area contributed by atoms with Gasteiger partial charge in [-0.3, -0.25) is 9.59 Å². The summed E-state index contributed by atoms with van der Waals surface area (Å²) < 4.78 is 0. The van der Waals surface area contributed by atoms with Gasteiger partial charge in [0.2, 0.25) is 5.91 Å². The molecular weight excluding hydrogens is 256 g/mol. The molecule has 3 aliphatic heterocycles. The molecule has 0 spiro atoms. The van der Waals surface area contributed by atoms with Crippen molar-refractivity contribution < 1.29 is 9.59 Å². The van der Waals surface area contributed by atoms with Gasteiger partial charge in [-0.25, -0.2) is 5.43 Å². The molecule has 110 valence electrons. The summed E-state index contributed by atoms with van der Waals surface area (Å²) in [5.41, 5.74) is 2.91. The number of nitrogens with zero attached hydrogens (tertiary/aromatic N) is 2. The van der Waals surface area contributed by atoms with Gasteiger partial charge in [0.25, 0.3) is 5.91 Å². The number of hydrogen-bond acceptors (Lipinski definition) is 4. The fourth-order valence-corrected chi connectivity index (χ4v) is 3.64. The molecule has 0 saturated carbocycles. The highest BCUT2D eigenvalue weighted by atomic mass is 16.2. The maximum absolute atomic E-state index is 12.6. The standard InChI is InChI=1S/C14H22N4O2/c1-2-18(11-7-9-3-4-10(8-11)15-9)14(20)12-5-6-13(19)17-16-12/h9-11,15H,2-8H2,1H3,(H,17,19). The Morgan fingerprint density at radius 3 is 2.55 bits per heavy atom. The Morgan fingerprint density at radius 2 is 2.00 bits per heavy atom. The van der Waals surface area contributed by atoms with Crippen molar-refractivity contribution in [2.45, 2.75) is 63.6 Å². The first-order valence-electron chi connectivity index (χ1n) is 7.59. The first-order chi connectivity index (χ1) is 9.67. The molecule has 2 saturated heterocycles. The van der Waals surface area contributed by atoms with Gasteiger partial charge in [-0.05, 0) is 32.6 Å². The smallest absolute Gasteiger partial charge is 0.270 e. The molecule has 0 aromatic heterocycles. The maximum Gasteiger partial charge on any atom is 0.270 e. The second-order valence-corrected chi connectivity index (χ2v) is 5.95. The Balaban J connectivity index is 1.69. The predicted molar refractivity (Wildman–Crippen MR) is 75.2 cm³/mol. The van der Waals surface area contributed by atoms with E-state index in [0.29, 0.717) is 43.2 Å². The van der Waals surface area contributed by atoms with Gasteiger partial charge in [-0.15, -0.1) is 0 Å². The Labute approximate surface area is 119 Å². The lowest BCUT2D eigenvalue weighted by molar-refractivity contribution is -0.127. The lowest BCUT2D eigenvalue weighted by atomic mass is 9.97. The van der Waals surface area contributed by atoms with Crippen molar-refractivity contribution in [1.29, 1.82) is 0 Å². The lowest BCUT2D eigenvalue weighted by Gasteiger charge is -2.37. The van der Waals surface area contributed by atoms with E-state index in [9.17, 15) is 9.59 Å². The molecule has 0 aromatic rings. The van der Waals surface area contributed by atoms with Crippen molar-refractivity contribution in [1.82, 2.24) is 15.6 Å². The molecule has 3 heterocycles. The van der Waals surface area contributed by atoms with Gasteiger partial charge in [-0.2, -0.15) is 5.10 Å². The minimum Gasteiger partial charge on any atom is -0.335 e. The van der Waals surface area contributed by atoms with Gasteiger partial charge in [0.1, 0.15) is 5.71 Å². The molecule has 3 aliphatic rings. The van der Waals surface area contributed by atoms with Gasteiger partial charge in [0, 0.05) is 37.5 Å². The van der Waals surface area contributed by atoms with Crippen LogP contribution in [-0.4, -0.2) is 47.1 Å². The molecule has 2 fully saturated rings. The maximum atomic E-state index is 12.6. The highest BCUT2D eigenvalue weighted by Crippen LogP contribution is 2.30. The molecule has 0 aliphatic carbocycles. The van der Waals surface area contributed by atoms with Gasteiger partial charge in [0.15, 0.2) is 0 Å². The van der Waals surface area contributed by atoms with Crippen LogP contribution in [0.2, 0.25) is 0 Å². The zero-order valence-electron chi connectivity index (χ0n) is 11.9. The van der Waals surface area contributed by atoms with Crippen molar-refractivity contribution in [3.8, 4) is 0 Å². The molecule has 0 radical (unpaired) electrons. The number of piperidine rings is 1. The molecule has 2 amide bonds. The van der Waals surface area contributed by atoms with Crippen LogP contribution in [0.1, 0.15) is 45.4 Å². The van der Waals surface area contributed by atoms with Gasteiger partial charge >= 0.3 is 0 Å². The van der Waals surface area contributed by atoms with E-state index in [-0.39, 0.29) is 11.8 Å². The van der Waals surface area contributed by atoms with Gasteiger partial charge in [-0.1, -0.05) is 0 Å². The number of hydrogen-bond donors (Lipinski definition) is 2. The fraction of sp³-hybridized carbons (Fsp3) is 0.786. The number of rotatable bonds is 3. The quantitative estimate of drug-likeness (QED) is 0.784. The second-order valence-electron chi connectivity index (χ2n) is 5.95. The Kier molecular flexibility index (Phi) is 3.74. The zero-order valence-corrected chi connectivity index (χ0v) is 11.9. The molecule has 6 heteroatoms. The number of fused-ring (bicyclic) bond motifs is 2. The molecule has 2 N–H and O–H groups in total. The summed E-state index contributed by atoms with van der Waals surface area (Å²) in [6, 6.07) is 1.44. The summed E-state index contributed by atoms with van der Waals surface area (Å²) >= 11 is 0. The van der Waals surface area contributed by atoms with Crippen molar-refractivity contribution in [3.05, 3.63) is 0 Å². The number of hydrazone groups is 1. The monoisotopic (exact) mass is 278 g/mol. The summed E-state index contributed by atoms with van der Waals surface area (Å²) in [4.78, 5) is 25.7. The average Bonchev–Trinajstić information content (AvgIpc) is 2.79. The van der Waals surface area contributed by atoms with Crippen LogP contribution in [0.4, 0.5) is 0 Å². The minimum atomic E-state index is -0.107. The molecule has 3 rings (SSSR count). The van der Waals surface area contributed by atoms with Crippen LogP contribution in [-0.2, 0) is 9.59 Å². The molecule has 6 nitrogen and oxygen atoms in total. The third kappa shape index (κ3) is 2.57. The predicted octanol–water partition coefficient (Wildman–Crippen LogP) is 0.384. The van der Waals surface area contributed by atoms with Crippen LogP contribution in [0.3, 0.4) is 0 Å². The molecule has 2 atom stereocenters. The molecule has 20 heavy (non-hydrogen) atoms. The van der Waals surface area contributed by atoms with E-state index in [1.807, 2.05) is 11.8 Å². The second kappa shape index (κ2) is 5.52. The number of nitrogens with one attached hydrogen (secondary N) is 2. The first kappa shape index (κ1) is 13.5. The van der Waals surface area contributed by atoms with Crippen molar-refractivity contribution >= 4 is 17.5 Å². The molecular formula is C14H22N4O2. The van der Waals surface area contributed by atoms with Crippen LogP contribution in [0.15, 0.2) is 5.10 Å². The van der Waals surface area contributed by atoms with E-state index in [0.717, 1.165) is 12.8 Å². The van der Waals surface area contributed by atoms with Crippen LogP contribution in [0.5, 0.6) is 0 Å². The summed E-state index contributed by atoms with van der Waals surface area (Å²) in [7, 11) is 0. The Hall–Kier alpha value is -1.43. The minimum absolute atomic E-state index is 0.00111. The van der Waals surface area contributed by atoms with E-state index >= 15 is 0 Å². The van der Waals surface area contributed by atoms with Crippen LogP contribution in [0.25, 0.3) is 0 Å². The number of carbonyl (C=O) groups excluding carboxylic acids is 2. The summed E-state index contributed by atoms with van der Waals surface area (Å²) in [6.07, 6.45) is 5.35. The van der Waals surface area contributed by atoms with Gasteiger partial charge in [0.05, 0.1) is 0 Å². The van der Waals surface area contributed by atoms with Crippen molar-refractivity contribution in [2.75, 3.05) is 6.54 Å². The van der Waals surface area contributed by atoms with Crippen LogP contribution < -0.4 is 10.7 Å². The largest absolute Gasteiger partial charge is 0.335 e. The first-order valence-corrected chi connectivity index (χ1v) is 7.59. The van der Waals surface area contributed by atoms with E-state index < -0.39 is 0 Å². The molecule has 2 bridgehead atoms. The normalized spacial score (nSPS) is 32.5.